The lowest BCUT2D eigenvalue weighted by molar-refractivity contribution is 0.0932. The predicted octanol–water partition coefficient (Wildman–Crippen LogP) is 3.13. The van der Waals surface area contributed by atoms with Crippen molar-refractivity contribution in [1.82, 2.24) is 4.90 Å². The average molecular weight is 237 g/mol. The highest BCUT2D eigenvalue weighted by molar-refractivity contribution is 5.97. The number of nitrogens with zero attached hydrogens (tertiary/aromatic N) is 1. The van der Waals surface area contributed by atoms with Crippen LogP contribution in [0.15, 0.2) is 24.3 Å². The van der Waals surface area contributed by atoms with Gasteiger partial charge in [-0.15, -0.1) is 0 Å². The summed E-state index contributed by atoms with van der Waals surface area (Å²) in [5.41, 5.74) is 0.458. The van der Waals surface area contributed by atoms with E-state index in [1.807, 2.05) is 6.92 Å². The third-order valence-corrected chi connectivity index (χ3v) is 2.79. The molecule has 0 heterocycles. The molecular weight excluding hydrogens is 217 g/mol. The molecule has 0 bridgehead atoms. The van der Waals surface area contributed by atoms with E-state index in [1.54, 1.807) is 12.1 Å². The first-order valence-electron chi connectivity index (χ1n) is 6.18. The van der Waals surface area contributed by atoms with Gasteiger partial charge >= 0.3 is 0 Å². The van der Waals surface area contributed by atoms with Crippen molar-refractivity contribution in [2.75, 3.05) is 19.6 Å². The second-order valence-corrected chi connectivity index (χ2v) is 4.16. The number of ketones is 1. The van der Waals surface area contributed by atoms with Crippen molar-refractivity contribution in [2.45, 2.75) is 26.7 Å². The topological polar surface area (TPSA) is 20.3 Å². The normalized spacial score (nSPS) is 10.8. The van der Waals surface area contributed by atoms with Crippen LogP contribution in [0.4, 0.5) is 4.39 Å². The molecule has 1 aromatic rings. The predicted molar refractivity (Wildman–Crippen MR) is 67.8 cm³/mol. The van der Waals surface area contributed by atoms with Gasteiger partial charge in [0.15, 0.2) is 5.78 Å². The first-order chi connectivity index (χ1) is 8.17. The Bertz CT molecular complexity index is 365. The molecule has 0 unspecified atom stereocenters. The van der Waals surface area contributed by atoms with Gasteiger partial charge in [0.05, 0.1) is 6.54 Å². The molecule has 0 aliphatic carbocycles. The van der Waals surface area contributed by atoms with Crippen LogP contribution in [0.2, 0.25) is 0 Å². The van der Waals surface area contributed by atoms with Crippen molar-refractivity contribution in [3.05, 3.63) is 35.6 Å². The van der Waals surface area contributed by atoms with Crippen LogP contribution in [0, 0.1) is 5.82 Å². The van der Waals surface area contributed by atoms with Crippen molar-refractivity contribution in [3.8, 4) is 0 Å². The maximum Gasteiger partial charge on any atom is 0.176 e. The van der Waals surface area contributed by atoms with Gasteiger partial charge in [0.25, 0.3) is 0 Å². The van der Waals surface area contributed by atoms with Crippen LogP contribution in [-0.2, 0) is 0 Å². The van der Waals surface area contributed by atoms with Crippen LogP contribution >= 0.6 is 0 Å². The molecule has 0 atom stereocenters. The van der Waals surface area contributed by atoms with E-state index in [9.17, 15) is 9.18 Å². The Morgan fingerprint density at radius 2 is 2.12 bits per heavy atom. The van der Waals surface area contributed by atoms with Gasteiger partial charge in [-0.05, 0) is 31.6 Å². The first-order valence-corrected chi connectivity index (χ1v) is 6.18. The first kappa shape index (κ1) is 13.8. The van der Waals surface area contributed by atoms with E-state index in [0.717, 1.165) is 25.9 Å². The van der Waals surface area contributed by atoms with Crippen LogP contribution in [0.3, 0.4) is 0 Å². The summed E-state index contributed by atoms with van der Waals surface area (Å²) in [5.74, 6) is -0.366. The molecule has 0 aromatic heterocycles. The molecule has 17 heavy (non-hydrogen) atoms. The molecule has 0 spiro atoms. The minimum Gasteiger partial charge on any atom is -0.296 e. The molecule has 0 aliphatic heterocycles. The smallest absolute Gasteiger partial charge is 0.176 e. The Kier molecular flexibility index (Phi) is 5.84. The molecule has 94 valence electrons. The van der Waals surface area contributed by atoms with Crippen molar-refractivity contribution in [3.63, 3.8) is 0 Å². The number of likely N-dealkylation sites (N-methyl/N-ethyl adjacent to an activating group) is 1. The summed E-state index contributed by atoms with van der Waals surface area (Å²) in [6, 6.07) is 5.89. The van der Waals surface area contributed by atoms with E-state index >= 15 is 0 Å². The molecule has 1 aromatic carbocycles. The number of rotatable bonds is 7. The van der Waals surface area contributed by atoms with Gasteiger partial charge in [-0.3, -0.25) is 9.69 Å². The zero-order valence-corrected chi connectivity index (χ0v) is 10.6. The Morgan fingerprint density at radius 3 is 2.71 bits per heavy atom. The summed E-state index contributed by atoms with van der Waals surface area (Å²) in [5, 5.41) is 0. The van der Waals surface area contributed by atoms with Gasteiger partial charge in [-0.2, -0.15) is 0 Å². The molecule has 2 nitrogen and oxygen atoms in total. The zero-order chi connectivity index (χ0) is 12.7. The van der Waals surface area contributed by atoms with Crippen LogP contribution < -0.4 is 0 Å². The van der Waals surface area contributed by atoms with Crippen LogP contribution in [0.25, 0.3) is 0 Å². The van der Waals surface area contributed by atoms with Gasteiger partial charge in [0, 0.05) is 5.56 Å². The molecule has 0 fully saturated rings. The van der Waals surface area contributed by atoms with E-state index in [2.05, 4.69) is 11.8 Å². The monoisotopic (exact) mass is 237 g/mol. The number of unbranched alkanes of at least 4 members (excludes halogenated alkanes) is 1. The fourth-order valence-corrected chi connectivity index (χ4v) is 1.69. The van der Waals surface area contributed by atoms with Gasteiger partial charge < -0.3 is 0 Å². The lowest BCUT2D eigenvalue weighted by atomic mass is 10.1. The van der Waals surface area contributed by atoms with Crippen molar-refractivity contribution >= 4 is 5.78 Å². The van der Waals surface area contributed by atoms with Crippen LogP contribution in [0.5, 0.6) is 0 Å². The summed E-state index contributed by atoms with van der Waals surface area (Å²) in [6.45, 7) is 6.31. The maximum atomic E-state index is 13.0. The van der Waals surface area contributed by atoms with Crippen molar-refractivity contribution in [1.29, 1.82) is 0 Å². The Labute approximate surface area is 102 Å². The average Bonchev–Trinajstić information content (AvgIpc) is 2.34. The Hall–Kier alpha value is -1.22. The van der Waals surface area contributed by atoms with Crippen LogP contribution in [-0.4, -0.2) is 30.3 Å². The number of hydrogen-bond acceptors (Lipinski definition) is 2. The quantitative estimate of drug-likeness (QED) is 0.679. The number of Topliss-reactive ketones (excluding diaryl/α,β-unsaturated/α-hetero) is 1. The highest BCUT2D eigenvalue weighted by Crippen LogP contribution is 2.06. The highest BCUT2D eigenvalue weighted by Gasteiger charge is 2.11. The zero-order valence-electron chi connectivity index (χ0n) is 10.6. The number of benzene rings is 1. The third kappa shape index (κ3) is 4.65. The largest absolute Gasteiger partial charge is 0.296 e. The Morgan fingerprint density at radius 1 is 1.35 bits per heavy atom. The van der Waals surface area contributed by atoms with E-state index in [0.29, 0.717) is 12.1 Å². The summed E-state index contributed by atoms with van der Waals surface area (Å²) in [4.78, 5) is 14.0. The van der Waals surface area contributed by atoms with E-state index < -0.39 is 0 Å². The molecule has 0 aliphatic rings. The molecular formula is C14H20FNO. The number of halogens is 1. The van der Waals surface area contributed by atoms with E-state index in [1.165, 1.54) is 12.1 Å². The minimum absolute atomic E-state index is 0.0116. The number of carbonyl (C=O) groups is 1. The van der Waals surface area contributed by atoms with Crippen molar-refractivity contribution in [2.24, 2.45) is 0 Å². The second-order valence-electron chi connectivity index (χ2n) is 4.16. The number of carbonyl (C=O) groups excluding carboxylic acids is 1. The fraction of sp³-hybridized carbons (Fsp3) is 0.500. The molecule has 3 heteroatoms. The summed E-state index contributed by atoms with van der Waals surface area (Å²) in [7, 11) is 0. The molecule has 0 radical (unpaired) electrons. The molecule has 0 amide bonds. The molecule has 0 N–H and O–H groups in total. The van der Waals surface area contributed by atoms with E-state index in [-0.39, 0.29) is 11.6 Å². The van der Waals surface area contributed by atoms with E-state index in [4.69, 9.17) is 0 Å². The maximum absolute atomic E-state index is 13.0. The minimum atomic E-state index is -0.354. The lowest BCUT2D eigenvalue weighted by Crippen LogP contribution is -2.30. The Balaban J connectivity index is 2.58. The van der Waals surface area contributed by atoms with Gasteiger partial charge in [0.1, 0.15) is 5.82 Å². The molecule has 0 saturated carbocycles. The van der Waals surface area contributed by atoms with Crippen molar-refractivity contribution < 1.29 is 9.18 Å². The van der Waals surface area contributed by atoms with Gasteiger partial charge in [-0.1, -0.05) is 32.4 Å². The fourth-order valence-electron chi connectivity index (χ4n) is 1.69. The van der Waals surface area contributed by atoms with Crippen LogP contribution in [0.1, 0.15) is 37.0 Å². The number of hydrogen-bond donors (Lipinski definition) is 0. The molecule has 1 rings (SSSR count). The second kappa shape index (κ2) is 7.17. The summed E-state index contributed by atoms with van der Waals surface area (Å²) >= 11 is 0. The SMILES string of the molecule is CCCCN(CC)CC(=O)c1cccc(F)c1. The highest BCUT2D eigenvalue weighted by atomic mass is 19.1. The van der Waals surface area contributed by atoms with Gasteiger partial charge in [0.2, 0.25) is 0 Å². The molecule has 0 saturated heterocycles. The van der Waals surface area contributed by atoms with Gasteiger partial charge in [-0.25, -0.2) is 4.39 Å². The third-order valence-electron chi connectivity index (χ3n) is 2.79. The lowest BCUT2D eigenvalue weighted by Gasteiger charge is -2.18. The summed E-state index contributed by atoms with van der Waals surface area (Å²) < 4.78 is 13.0. The summed E-state index contributed by atoms with van der Waals surface area (Å²) in [6.07, 6.45) is 2.20. The standard InChI is InChI=1S/C14H20FNO/c1-3-5-9-16(4-2)11-14(17)12-7-6-8-13(15)10-12/h6-8,10H,3-5,9,11H2,1-2H3.